The maximum Gasteiger partial charge on any atom is 0.496 e. The quantitative estimate of drug-likeness (QED) is 0.775. The Hall–Kier alpha value is -0.785. The summed E-state index contributed by atoms with van der Waals surface area (Å²) in [5.41, 5.74) is 6.42. The molecule has 0 saturated carbocycles. The average Bonchev–Trinajstić information content (AvgIpc) is 2.74. The molecule has 2 heterocycles. The molecule has 1 aromatic rings. The second kappa shape index (κ2) is 7.68. The number of rotatable bonds is 2. The van der Waals surface area contributed by atoms with Gasteiger partial charge in [0.15, 0.2) is 0 Å². The molecule has 144 valence electrons. The Kier molecular flexibility index (Phi) is 6.36. The number of hydrogen-bond acceptors (Lipinski definition) is 4. The van der Waals surface area contributed by atoms with Crippen molar-refractivity contribution < 1.29 is 14.1 Å². The summed E-state index contributed by atoms with van der Waals surface area (Å²) in [6.45, 7) is 9.33. The molecule has 0 radical (unpaired) electrons. The van der Waals surface area contributed by atoms with Crippen molar-refractivity contribution in [3.63, 3.8) is 0 Å². The molecule has 8 heteroatoms. The maximum absolute atomic E-state index is 12.7. The van der Waals surface area contributed by atoms with E-state index >= 15 is 0 Å². The second-order valence-corrected chi connectivity index (χ2v) is 8.39. The normalized spacial score (nSPS) is 24.3. The van der Waals surface area contributed by atoms with Crippen molar-refractivity contribution in [1.82, 2.24) is 4.90 Å². The standard InChI is InChI=1S/C18H26BClN2O3.ClH/c1-17(2)18(3,4)25-19(24-17)14-8-7-12(10-15(14)20)16(23)22-9-5-6-13(21)11-22;/h7-8,10,13H,5-6,9,11,21H2,1-4H3;1H. The molecule has 1 atom stereocenters. The largest absolute Gasteiger partial charge is 0.496 e. The SMILES string of the molecule is CC1(C)OB(c2ccc(C(=O)N3CCCC(N)C3)cc2Cl)OC1(C)C.Cl. The first-order chi connectivity index (χ1) is 11.6. The van der Waals surface area contributed by atoms with Crippen LogP contribution in [0.4, 0.5) is 0 Å². The minimum absolute atomic E-state index is 0. The van der Waals surface area contributed by atoms with Crippen LogP contribution in [0.25, 0.3) is 0 Å². The number of halogens is 2. The van der Waals surface area contributed by atoms with Crippen LogP contribution in [0.1, 0.15) is 50.9 Å². The number of carbonyl (C=O) groups excluding carboxylic acids is 1. The van der Waals surface area contributed by atoms with Gasteiger partial charge in [0.25, 0.3) is 5.91 Å². The van der Waals surface area contributed by atoms with Crippen LogP contribution in [0.3, 0.4) is 0 Å². The van der Waals surface area contributed by atoms with Gasteiger partial charge in [-0.25, -0.2) is 0 Å². The predicted molar refractivity (Wildman–Crippen MR) is 108 cm³/mol. The first-order valence-corrected chi connectivity index (χ1v) is 9.18. The summed E-state index contributed by atoms with van der Waals surface area (Å²) in [7, 11) is -0.537. The first kappa shape index (κ1) is 21.5. The van der Waals surface area contributed by atoms with Crippen molar-refractivity contribution in [3.8, 4) is 0 Å². The molecular formula is C18H27BCl2N2O3. The molecule has 0 aliphatic carbocycles. The van der Waals surface area contributed by atoms with E-state index in [1.54, 1.807) is 17.0 Å². The Balaban J connectivity index is 0.00000243. The van der Waals surface area contributed by atoms with Gasteiger partial charge in [0, 0.05) is 35.2 Å². The highest BCUT2D eigenvalue weighted by Gasteiger charge is 2.52. The number of nitrogens with zero attached hydrogens (tertiary/aromatic N) is 1. The number of likely N-dealkylation sites (tertiary alicyclic amines) is 1. The van der Waals surface area contributed by atoms with E-state index in [4.69, 9.17) is 26.6 Å². The van der Waals surface area contributed by atoms with Crippen LogP contribution < -0.4 is 11.2 Å². The van der Waals surface area contributed by atoms with Gasteiger partial charge in [-0.05, 0) is 52.7 Å². The zero-order chi connectivity index (χ0) is 18.4. The molecule has 3 rings (SSSR count). The van der Waals surface area contributed by atoms with E-state index < -0.39 is 18.3 Å². The van der Waals surface area contributed by atoms with Gasteiger partial charge in [0.05, 0.1) is 11.2 Å². The highest BCUT2D eigenvalue weighted by Crippen LogP contribution is 2.37. The lowest BCUT2D eigenvalue weighted by molar-refractivity contribution is 0.00578. The lowest BCUT2D eigenvalue weighted by Gasteiger charge is -2.32. The van der Waals surface area contributed by atoms with Gasteiger partial charge in [-0.2, -0.15) is 0 Å². The van der Waals surface area contributed by atoms with Gasteiger partial charge < -0.3 is 19.9 Å². The van der Waals surface area contributed by atoms with Crippen molar-refractivity contribution in [2.24, 2.45) is 5.73 Å². The minimum Gasteiger partial charge on any atom is -0.399 e. The van der Waals surface area contributed by atoms with E-state index in [0.717, 1.165) is 24.8 Å². The molecular weight excluding hydrogens is 374 g/mol. The van der Waals surface area contributed by atoms with Gasteiger partial charge in [-0.3, -0.25) is 4.79 Å². The van der Waals surface area contributed by atoms with E-state index in [1.807, 2.05) is 33.8 Å². The van der Waals surface area contributed by atoms with E-state index in [-0.39, 0.29) is 24.4 Å². The smallest absolute Gasteiger partial charge is 0.399 e. The number of hydrogen-bond donors (Lipinski definition) is 1. The van der Waals surface area contributed by atoms with Crippen LogP contribution in [0.15, 0.2) is 18.2 Å². The molecule has 0 aromatic heterocycles. The van der Waals surface area contributed by atoms with Crippen molar-refractivity contribution in [3.05, 3.63) is 28.8 Å². The summed E-state index contributed by atoms with van der Waals surface area (Å²) >= 11 is 6.45. The molecule has 0 bridgehead atoms. The molecule has 1 aromatic carbocycles. The Morgan fingerprint density at radius 3 is 2.42 bits per heavy atom. The number of nitrogens with two attached hydrogens (primary N) is 1. The Morgan fingerprint density at radius 1 is 1.27 bits per heavy atom. The van der Waals surface area contributed by atoms with Gasteiger partial charge in [0.1, 0.15) is 0 Å². The first-order valence-electron chi connectivity index (χ1n) is 8.81. The van der Waals surface area contributed by atoms with Crippen LogP contribution in [0.2, 0.25) is 5.02 Å². The molecule has 5 nitrogen and oxygen atoms in total. The van der Waals surface area contributed by atoms with Crippen molar-refractivity contribution >= 4 is 42.5 Å². The lowest BCUT2D eigenvalue weighted by atomic mass is 9.78. The van der Waals surface area contributed by atoms with Crippen molar-refractivity contribution in [2.45, 2.75) is 57.8 Å². The van der Waals surface area contributed by atoms with Crippen LogP contribution in [-0.4, -0.2) is 48.3 Å². The monoisotopic (exact) mass is 400 g/mol. The zero-order valence-corrected chi connectivity index (χ0v) is 17.3. The predicted octanol–water partition coefficient (Wildman–Crippen LogP) is 2.62. The van der Waals surface area contributed by atoms with E-state index in [0.29, 0.717) is 17.1 Å². The Morgan fingerprint density at radius 2 is 1.88 bits per heavy atom. The molecule has 2 aliphatic heterocycles. The molecule has 2 saturated heterocycles. The molecule has 2 aliphatic rings. The van der Waals surface area contributed by atoms with E-state index in [9.17, 15) is 4.79 Å². The second-order valence-electron chi connectivity index (χ2n) is 7.98. The topological polar surface area (TPSA) is 64.8 Å². The zero-order valence-electron chi connectivity index (χ0n) is 15.8. The third kappa shape index (κ3) is 4.05. The van der Waals surface area contributed by atoms with Gasteiger partial charge in [-0.1, -0.05) is 17.7 Å². The third-order valence-corrected chi connectivity index (χ3v) is 5.83. The minimum atomic E-state index is -0.537. The molecule has 26 heavy (non-hydrogen) atoms. The average molecular weight is 401 g/mol. The summed E-state index contributed by atoms with van der Waals surface area (Å²) in [5.74, 6) is -0.0301. The third-order valence-electron chi connectivity index (χ3n) is 5.50. The highest BCUT2D eigenvalue weighted by atomic mass is 35.5. The van der Waals surface area contributed by atoms with Gasteiger partial charge in [-0.15, -0.1) is 12.4 Å². The molecule has 2 fully saturated rings. The van der Waals surface area contributed by atoms with Gasteiger partial charge >= 0.3 is 7.12 Å². The van der Waals surface area contributed by atoms with Crippen LogP contribution in [-0.2, 0) is 9.31 Å². The summed E-state index contributed by atoms with van der Waals surface area (Å²) in [5, 5.41) is 0.477. The number of carbonyl (C=O) groups is 1. The Bertz CT molecular complexity index is 668. The highest BCUT2D eigenvalue weighted by molar-refractivity contribution is 6.65. The maximum atomic E-state index is 12.7. The fraction of sp³-hybridized carbons (Fsp3) is 0.611. The van der Waals surface area contributed by atoms with Crippen molar-refractivity contribution in [2.75, 3.05) is 13.1 Å². The number of amides is 1. The molecule has 1 unspecified atom stereocenters. The summed E-state index contributed by atoms with van der Waals surface area (Å²) in [6.07, 6.45) is 1.90. The van der Waals surface area contributed by atoms with Crippen LogP contribution in [0.5, 0.6) is 0 Å². The van der Waals surface area contributed by atoms with Crippen LogP contribution in [0, 0.1) is 0 Å². The molecule has 2 N–H and O–H groups in total. The number of piperidine rings is 1. The van der Waals surface area contributed by atoms with Gasteiger partial charge in [0.2, 0.25) is 0 Å². The fourth-order valence-electron chi connectivity index (χ4n) is 3.20. The van der Waals surface area contributed by atoms with Crippen LogP contribution >= 0.6 is 24.0 Å². The summed E-state index contributed by atoms with van der Waals surface area (Å²) in [4.78, 5) is 14.5. The molecule has 0 spiro atoms. The fourth-order valence-corrected chi connectivity index (χ4v) is 3.47. The Labute approximate surface area is 167 Å². The summed E-state index contributed by atoms with van der Waals surface area (Å²) in [6, 6.07) is 5.36. The van der Waals surface area contributed by atoms with Crippen molar-refractivity contribution in [1.29, 1.82) is 0 Å². The number of benzene rings is 1. The lowest BCUT2D eigenvalue weighted by Crippen LogP contribution is -2.45. The molecule has 1 amide bonds. The van der Waals surface area contributed by atoms with E-state index in [2.05, 4.69) is 0 Å². The van der Waals surface area contributed by atoms with E-state index in [1.165, 1.54) is 0 Å². The summed E-state index contributed by atoms with van der Waals surface area (Å²) < 4.78 is 12.1.